The van der Waals surface area contributed by atoms with Crippen LogP contribution in [-0.4, -0.2) is 57.9 Å². The van der Waals surface area contributed by atoms with E-state index >= 15 is 0 Å². The molecule has 2 rings (SSSR count). The highest BCUT2D eigenvalue weighted by molar-refractivity contribution is 5.95. The summed E-state index contributed by atoms with van der Waals surface area (Å²) in [4.78, 5) is 6.26. The molecular formula is C13H20N4O3. The van der Waals surface area contributed by atoms with Gasteiger partial charge in [0.1, 0.15) is 5.69 Å². The molecule has 1 fully saturated rings. The molecule has 0 bridgehead atoms. The van der Waals surface area contributed by atoms with Crippen molar-refractivity contribution in [1.82, 2.24) is 9.88 Å². The summed E-state index contributed by atoms with van der Waals surface area (Å²) in [5.41, 5.74) is 7.00. The predicted octanol–water partition coefficient (Wildman–Crippen LogP) is -0.242. The molecule has 2 unspecified atom stereocenters. The highest BCUT2D eigenvalue weighted by atomic mass is 16.5. The zero-order valence-electron chi connectivity index (χ0n) is 11.4. The van der Waals surface area contributed by atoms with Gasteiger partial charge in [-0.1, -0.05) is 5.16 Å². The third kappa shape index (κ3) is 3.66. The quantitative estimate of drug-likeness (QED) is 0.304. The number of nitrogens with two attached hydrogens (primary N) is 1. The van der Waals surface area contributed by atoms with Crippen LogP contribution in [0.1, 0.15) is 18.2 Å². The number of morpholine rings is 1. The molecule has 1 aliphatic rings. The first-order chi connectivity index (χ1) is 9.62. The average Bonchev–Trinajstić information content (AvgIpc) is 2.46. The second-order valence-corrected chi connectivity index (χ2v) is 4.98. The Labute approximate surface area is 117 Å². The van der Waals surface area contributed by atoms with Crippen LogP contribution in [0, 0.1) is 0 Å². The summed E-state index contributed by atoms with van der Waals surface area (Å²) in [6, 6.07) is 3.69. The van der Waals surface area contributed by atoms with E-state index in [1.807, 2.05) is 13.0 Å². The smallest absolute Gasteiger partial charge is 0.188 e. The van der Waals surface area contributed by atoms with E-state index in [4.69, 9.17) is 15.7 Å². The first-order valence-electron chi connectivity index (χ1n) is 6.54. The molecule has 0 radical (unpaired) electrons. The molecule has 2 atom stereocenters. The summed E-state index contributed by atoms with van der Waals surface area (Å²) in [6.07, 6.45) is 1.58. The van der Waals surface area contributed by atoms with E-state index in [2.05, 4.69) is 15.0 Å². The third-order valence-electron chi connectivity index (χ3n) is 3.21. The lowest BCUT2D eigenvalue weighted by Gasteiger charge is -2.36. The van der Waals surface area contributed by atoms with Crippen molar-refractivity contribution >= 4 is 5.84 Å². The number of oxime groups is 1. The third-order valence-corrected chi connectivity index (χ3v) is 3.21. The molecule has 0 spiro atoms. The number of aromatic nitrogens is 1. The molecule has 7 nitrogen and oxygen atoms in total. The van der Waals surface area contributed by atoms with Crippen LogP contribution < -0.4 is 5.73 Å². The predicted molar refractivity (Wildman–Crippen MR) is 73.4 cm³/mol. The van der Waals surface area contributed by atoms with Crippen LogP contribution in [0.25, 0.3) is 0 Å². The molecular weight excluding hydrogens is 260 g/mol. The monoisotopic (exact) mass is 280 g/mol. The van der Waals surface area contributed by atoms with Crippen LogP contribution in [-0.2, 0) is 11.3 Å². The van der Waals surface area contributed by atoms with Crippen molar-refractivity contribution in [1.29, 1.82) is 0 Å². The van der Waals surface area contributed by atoms with Crippen molar-refractivity contribution in [2.45, 2.75) is 25.7 Å². The number of aliphatic hydroxyl groups is 1. The van der Waals surface area contributed by atoms with Gasteiger partial charge in [0.05, 0.1) is 18.8 Å². The van der Waals surface area contributed by atoms with E-state index in [1.54, 1.807) is 12.3 Å². The van der Waals surface area contributed by atoms with Gasteiger partial charge < -0.3 is 20.8 Å². The SMILES string of the molecule is CC1CN(Cc2ccnc(/C(N)=N/O)c2)CC(CO)O1. The van der Waals surface area contributed by atoms with Gasteiger partial charge in [-0.15, -0.1) is 0 Å². The first kappa shape index (κ1) is 14.7. The Morgan fingerprint density at radius 3 is 3.10 bits per heavy atom. The number of nitrogens with zero attached hydrogens (tertiary/aromatic N) is 3. The lowest BCUT2D eigenvalue weighted by molar-refractivity contribution is -0.0972. The maximum Gasteiger partial charge on any atom is 0.188 e. The zero-order valence-corrected chi connectivity index (χ0v) is 11.4. The Hall–Kier alpha value is -1.70. The molecule has 1 saturated heterocycles. The second kappa shape index (κ2) is 6.65. The minimum Gasteiger partial charge on any atom is -0.409 e. The van der Waals surface area contributed by atoms with Gasteiger partial charge in [0.15, 0.2) is 5.84 Å². The van der Waals surface area contributed by atoms with Crippen LogP contribution >= 0.6 is 0 Å². The zero-order chi connectivity index (χ0) is 14.5. The number of hydrogen-bond donors (Lipinski definition) is 3. The molecule has 7 heteroatoms. The summed E-state index contributed by atoms with van der Waals surface area (Å²) < 4.78 is 5.61. The number of ether oxygens (including phenoxy) is 1. The lowest BCUT2D eigenvalue weighted by atomic mass is 10.1. The fourth-order valence-corrected chi connectivity index (χ4v) is 2.39. The van der Waals surface area contributed by atoms with Crippen molar-refractivity contribution in [3.8, 4) is 0 Å². The minimum absolute atomic E-state index is 0.00423. The van der Waals surface area contributed by atoms with Gasteiger partial charge >= 0.3 is 0 Å². The van der Waals surface area contributed by atoms with E-state index < -0.39 is 0 Å². The fraction of sp³-hybridized carbons (Fsp3) is 0.538. The second-order valence-electron chi connectivity index (χ2n) is 4.98. The summed E-state index contributed by atoms with van der Waals surface area (Å²) >= 11 is 0. The Bertz CT molecular complexity index is 480. The standard InChI is InChI=1S/C13H20N4O3/c1-9-5-17(7-11(8-18)20-9)6-10-2-3-15-12(4-10)13(14)16-19/h2-4,9,11,18-19H,5-8H2,1H3,(H2,14,16). The van der Waals surface area contributed by atoms with Gasteiger partial charge in [0.25, 0.3) is 0 Å². The molecule has 2 heterocycles. The first-order valence-corrected chi connectivity index (χ1v) is 6.54. The van der Waals surface area contributed by atoms with Crippen LogP contribution in [0.4, 0.5) is 0 Å². The summed E-state index contributed by atoms with van der Waals surface area (Å²) in [7, 11) is 0. The number of hydrogen-bond acceptors (Lipinski definition) is 6. The maximum atomic E-state index is 9.22. The Balaban J connectivity index is 2.06. The largest absolute Gasteiger partial charge is 0.409 e. The fourth-order valence-electron chi connectivity index (χ4n) is 2.39. The lowest BCUT2D eigenvalue weighted by Crippen LogP contribution is -2.47. The van der Waals surface area contributed by atoms with Gasteiger partial charge in [0.2, 0.25) is 0 Å². The molecule has 1 aromatic heterocycles. The average molecular weight is 280 g/mol. The van der Waals surface area contributed by atoms with Crippen molar-refractivity contribution in [3.63, 3.8) is 0 Å². The van der Waals surface area contributed by atoms with E-state index in [-0.39, 0.29) is 24.7 Å². The summed E-state index contributed by atoms with van der Waals surface area (Å²) in [5.74, 6) is -0.00423. The minimum atomic E-state index is -0.149. The van der Waals surface area contributed by atoms with Crippen molar-refractivity contribution in [2.75, 3.05) is 19.7 Å². The Kier molecular flexibility index (Phi) is 4.89. The van der Waals surface area contributed by atoms with Crippen molar-refractivity contribution in [2.24, 2.45) is 10.9 Å². The van der Waals surface area contributed by atoms with E-state index in [1.165, 1.54) is 0 Å². The highest BCUT2D eigenvalue weighted by Crippen LogP contribution is 2.14. The van der Waals surface area contributed by atoms with Crippen LogP contribution in [0.5, 0.6) is 0 Å². The molecule has 1 aliphatic heterocycles. The van der Waals surface area contributed by atoms with Gasteiger partial charge in [0, 0.05) is 25.8 Å². The number of rotatable bonds is 4. The Morgan fingerprint density at radius 2 is 2.40 bits per heavy atom. The highest BCUT2D eigenvalue weighted by Gasteiger charge is 2.24. The van der Waals surface area contributed by atoms with Crippen molar-refractivity contribution < 1.29 is 15.1 Å². The molecule has 0 aliphatic carbocycles. The summed E-state index contributed by atoms with van der Waals surface area (Å²) in [5, 5.41) is 20.8. The van der Waals surface area contributed by atoms with Gasteiger partial charge in [-0.25, -0.2) is 0 Å². The maximum absolute atomic E-state index is 9.22. The molecule has 1 aromatic rings. The topological polar surface area (TPSA) is 104 Å². The van der Waals surface area contributed by atoms with Gasteiger partial charge in [-0.3, -0.25) is 9.88 Å². The summed E-state index contributed by atoms with van der Waals surface area (Å²) in [6.45, 7) is 4.20. The molecule has 20 heavy (non-hydrogen) atoms. The van der Waals surface area contributed by atoms with E-state index in [9.17, 15) is 5.11 Å². The van der Waals surface area contributed by atoms with E-state index in [0.29, 0.717) is 18.8 Å². The normalized spacial score (nSPS) is 24.8. The number of amidine groups is 1. The van der Waals surface area contributed by atoms with Crippen LogP contribution in [0.2, 0.25) is 0 Å². The van der Waals surface area contributed by atoms with E-state index in [0.717, 1.165) is 12.1 Å². The van der Waals surface area contributed by atoms with Crippen LogP contribution in [0.3, 0.4) is 0 Å². The van der Waals surface area contributed by atoms with Gasteiger partial charge in [-0.2, -0.15) is 0 Å². The van der Waals surface area contributed by atoms with Gasteiger partial charge in [-0.05, 0) is 24.6 Å². The number of aliphatic hydroxyl groups excluding tert-OH is 1. The molecule has 0 saturated carbocycles. The number of pyridine rings is 1. The molecule has 4 N–H and O–H groups in total. The Morgan fingerprint density at radius 1 is 1.60 bits per heavy atom. The van der Waals surface area contributed by atoms with Crippen molar-refractivity contribution in [3.05, 3.63) is 29.6 Å². The molecule has 110 valence electrons. The molecule has 0 amide bonds. The van der Waals surface area contributed by atoms with Crippen LogP contribution in [0.15, 0.2) is 23.5 Å². The molecule has 0 aromatic carbocycles.